The molecule has 1 aromatic heterocycles. The van der Waals surface area contributed by atoms with Crippen molar-refractivity contribution in [3.05, 3.63) is 22.2 Å². The molecule has 7 heteroatoms. The molecule has 5 nitrogen and oxygen atoms in total. The van der Waals surface area contributed by atoms with E-state index in [1.807, 2.05) is 0 Å². The highest BCUT2D eigenvalue weighted by molar-refractivity contribution is 6.43. The number of hydrogen-bond acceptors (Lipinski definition) is 4. The van der Waals surface area contributed by atoms with Crippen LogP contribution in [0, 0.1) is 5.92 Å². The molecule has 108 valence electrons. The van der Waals surface area contributed by atoms with Gasteiger partial charge in [0.1, 0.15) is 0 Å². The second kappa shape index (κ2) is 6.41. The van der Waals surface area contributed by atoms with Crippen LogP contribution in [0.2, 0.25) is 10.0 Å². The van der Waals surface area contributed by atoms with Crippen LogP contribution in [0.4, 0.5) is 5.69 Å². The van der Waals surface area contributed by atoms with Gasteiger partial charge in [-0.25, -0.2) is 4.68 Å². The van der Waals surface area contributed by atoms with E-state index in [0.717, 1.165) is 19.4 Å². The number of nitrogens with zero attached hydrogens (tertiary/aromatic N) is 4. The van der Waals surface area contributed by atoms with Crippen LogP contribution in [0.15, 0.2) is 12.1 Å². The highest BCUT2D eigenvalue weighted by Gasteiger charge is 2.17. The van der Waals surface area contributed by atoms with Crippen molar-refractivity contribution < 1.29 is 0 Å². The average molecular weight is 314 g/mol. The number of benzene rings is 1. The summed E-state index contributed by atoms with van der Waals surface area (Å²) in [6.07, 6.45) is 2.14. The summed E-state index contributed by atoms with van der Waals surface area (Å²) in [4.78, 5) is 0. The summed E-state index contributed by atoms with van der Waals surface area (Å²) >= 11 is 12.3. The Morgan fingerprint density at radius 1 is 1.25 bits per heavy atom. The standard InChI is InChI=1S/C13H17Cl2N5/c1-3-8(4-2)7-20-13(17-18-19-20)10-5-9(16)6-11(14)12(10)15/h5-6,8H,3-4,7,16H2,1-2H3. The van der Waals surface area contributed by atoms with E-state index in [1.165, 1.54) is 0 Å². The van der Waals surface area contributed by atoms with Crippen LogP contribution >= 0.6 is 23.2 Å². The summed E-state index contributed by atoms with van der Waals surface area (Å²) in [6, 6.07) is 3.35. The number of hydrogen-bond donors (Lipinski definition) is 1. The quantitative estimate of drug-likeness (QED) is 0.855. The summed E-state index contributed by atoms with van der Waals surface area (Å²) in [5.41, 5.74) is 7.01. The Morgan fingerprint density at radius 2 is 1.95 bits per heavy atom. The number of nitrogens with two attached hydrogens (primary N) is 1. The lowest BCUT2D eigenvalue weighted by atomic mass is 10.0. The molecule has 0 aliphatic rings. The maximum atomic E-state index is 6.24. The summed E-state index contributed by atoms with van der Waals surface area (Å²) in [7, 11) is 0. The van der Waals surface area contributed by atoms with Gasteiger partial charge < -0.3 is 5.73 Å². The van der Waals surface area contributed by atoms with E-state index in [-0.39, 0.29) is 0 Å². The lowest BCUT2D eigenvalue weighted by Crippen LogP contribution is -2.12. The van der Waals surface area contributed by atoms with E-state index in [1.54, 1.807) is 16.8 Å². The van der Waals surface area contributed by atoms with Crippen LogP contribution in [0.5, 0.6) is 0 Å². The molecule has 2 aromatic rings. The van der Waals surface area contributed by atoms with Gasteiger partial charge in [0.15, 0.2) is 5.82 Å². The molecule has 2 N–H and O–H groups in total. The molecule has 1 aromatic carbocycles. The van der Waals surface area contributed by atoms with Crippen molar-refractivity contribution in [2.45, 2.75) is 33.2 Å². The largest absolute Gasteiger partial charge is 0.399 e. The topological polar surface area (TPSA) is 69.6 Å². The Morgan fingerprint density at radius 3 is 2.60 bits per heavy atom. The maximum absolute atomic E-state index is 6.24. The fourth-order valence-corrected chi connectivity index (χ4v) is 2.51. The molecule has 0 saturated carbocycles. The Balaban J connectivity index is 2.42. The van der Waals surface area contributed by atoms with E-state index < -0.39 is 0 Å². The van der Waals surface area contributed by atoms with Crippen molar-refractivity contribution in [1.82, 2.24) is 20.2 Å². The molecule has 0 fully saturated rings. The first-order valence-electron chi connectivity index (χ1n) is 6.57. The molecule has 0 aliphatic carbocycles. The van der Waals surface area contributed by atoms with Crippen molar-refractivity contribution in [2.24, 2.45) is 5.92 Å². The van der Waals surface area contributed by atoms with Gasteiger partial charge in [-0.05, 0) is 28.5 Å². The average Bonchev–Trinajstić information content (AvgIpc) is 2.88. The maximum Gasteiger partial charge on any atom is 0.183 e. The van der Waals surface area contributed by atoms with E-state index in [9.17, 15) is 0 Å². The first-order valence-corrected chi connectivity index (χ1v) is 7.33. The highest BCUT2D eigenvalue weighted by atomic mass is 35.5. The first-order chi connectivity index (χ1) is 9.56. The van der Waals surface area contributed by atoms with Crippen LogP contribution in [-0.2, 0) is 6.54 Å². The minimum atomic E-state index is 0.402. The van der Waals surface area contributed by atoms with Gasteiger partial charge in [0.2, 0.25) is 0 Å². The lowest BCUT2D eigenvalue weighted by molar-refractivity contribution is 0.392. The van der Waals surface area contributed by atoms with E-state index in [0.29, 0.717) is 33.0 Å². The van der Waals surface area contributed by atoms with Crippen molar-refractivity contribution >= 4 is 28.9 Å². The third kappa shape index (κ3) is 3.04. The molecule has 0 spiro atoms. The molecular formula is C13H17Cl2N5. The van der Waals surface area contributed by atoms with E-state index >= 15 is 0 Å². The number of rotatable bonds is 5. The Kier molecular flexibility index (Phi) is 4.83. The van der Waals surface area contributed by atoms with Gasteiger partial charge in [0.05, 0.1) is 10.0 Å². The summed E-state index contributed by atoms with van der Waals surface area (Å²) in [6.45, 7) is 5.06. The predicted molar refractivity (Wildman–Crippen MR) is 81.8 cm³/mol. The van der Waals surface area contributed by atoms with Crippen molar-refractivity contribution in [3.63, 3.8) is 0 Å². The Bertz CT molecular complexity index is 592. The summed E-state index contributed by atoms with van der Waals surface area (Å²) < 4.78 is 1.76. The van der Waals surface area contributed by atoms with Gasteiger partial charge in [-0.3, -0.25) is 0 Å². The molecule has 0 bridgehead atoms. The zero-order chi connectivity index (χ0) is 14.7. The minimum absolute atomic E-state index is 0.402. The van der Waals surface area contributed by atoms with E-state index in [2.05, 4.69) is 29.4 Å². The molecule has 2 rings (SSSR count). The smallest absolute Gasteiger partial charge is 0.183 e. The molecule has 20 heavy (non-hydrogen) atoms. The van der Waals surface area contributed by atoms with Gasteiger partial charge in [0, 0.05) is 17.8 Å². The van der Waals surface area contributed by atoms with Crippen LogP contribution in [0.1, 0.15) is 26.7 Å². The fraction of sp³-hybridized carbons (Fsp3) is 0.462. The highest BCUT2D eigenvalue weighted by Crippen LogP contribution is 2.34. The Labute approximate surface area is 128 Å². The van der Waals surface area contributed by atoms with Crippen molar-refractivity contribution in [3.8, 4) is 11.4 Å². The molecule has 0 aliphatic heterocycles. The zero-order valence-corrected chi connectivity index (χ0v) is 13.0. The molecule has 0 saturated heterocycles. The van der Waals surface area contributed by atoms with Gasteiger partial charge in [-0.15, -0.1) is 5.10 Å². The van der Waals surface area contributed by atoms with Gasteiger partial charge >= 0.3 is 0 Å². The summed E-state index contributed by atoms with van der Waals surface area (Å²) in [5.74, 6) is 1.11. The van der Waals surface area contributed by atoms with Crippen molar-refractivity contribution in [2.75, 3.05) is 5.73 Å². The molecular weight excluding hydrogens is 297 g/mol. The monoisotopic (exact) mass is 313 g/mol. The second-order valence-corrected chi connectivity index (χ2v) is 5.52. The summed E-state index contributed by atoms with van der Waals surface area (Å²) in [5, 5.41) is 12.7. The number of anilines is 1. The Hall–Kier alpha value is -1.33. The number of tetrazole rings is 1. The van der Waals surface area contributed by atoms with Crippen LogP contribution in [0.25, 0.3) is 11.4 Å². The normalized spacial score (nSPS) is 11.2. The molecule has 0 radical (unpaired) electrons. The SMILES string of the molecule is CCC(CC)Cn1nnnc1-c1cc(N)cc(Cl)c1Cl. The minimum Gasteiger partial charge on any atom is -0.399 e. The van der Waals surface area contributed by atoms with Gasteiger partial charge in [-0.2, -0.15) is 0 Å². The predicted octanol–water partition coefficient (Wildman–Crippen LogP) is 3.67. The van der Waals surface area contributed by atoms with Gasteiger partial charge in [-0.1, -0.05) is 49.9 Å². The van der Waals surface area contributed by atoms with Crippen LogP contribution in [0.3, 0.4) is 0 Å². The number of halogens is 2. The van der Waals surface area contributed by atoms with Crippen molar-refractivity contribution in [1.29, 1.82) is 0 Å². The lowest BCUT2D eigenvalue weighted by Gasteiger charge is -2.13. The molecule has 0 atom stereocenters. The fourth-order valence-electron chi connectivity index (χ4n) is 2.08. The first kappa shape index (κ1) is 15.1. The molecule has 0 amide bonds. The third-order valence-corrected chi connectivity index (χ3v) is 4.21. The number of aromatic nitrogens is 4. The molecule has 1 heterocycles. The second-order valence-electron chi connectivity index (χ2n) is 4.73. The van der Waals surface area contributed by atoms with E-state index in [4.69, 9.17) is 28.9 Å². The van der Waals surface area contributed by atoms with Crippen LogP contribution in [-0.4, -0.2) is 20.2 Å². The third-order valence-electron chi connectivity index (χ3n) is 3.41. The number of nitrogen functional groups attached to an aromatic ring is 1. The molecule has 0 unspecified atom stereocenters. The van der Waals surface area contributed by atoms with Gasteiger partial charge in [0.25, 0.3) is 0 Å². The van der Waals surface area contributed by atoms with Crippen LogP contribution < -0.4 is 5.73 Å². The zero-order valence-electron chi connectivity index (χ0n) is 11.5.